The number of carbonyl (C=O) groups excluding carboxylic acids is 2. The van der Waals surface area contributed by atoms with Crippen molar-refractivity contribution in [3.05, 3.63) is 69.8 Å². The molecule has 0 saturated carbocycles. The van der Waals surface area contributed by atoms with Crippen LogP contribution in [0.1, 0.15) is 18.1 Å². The molecule has 0 aliphatic carbocycles. The van der Waals surface area contributed by atoms with E-state index in [0.29, 0.717) is 17.9 Å². The van der Waals surface area contributed by atoms with E-state index in [2.05, 4.69) is 5.32 Å². The summed E-state index contributed by atoms with van der Waals surface area (Å²) in [4.78, 5) is 33.8. The Bertz CT molecular complexity index is 890. The van der Waals surface area contributed by atoms with E-state index in [1.807, 2.05) is 6.92 Å². The van der Waals surface area contributed by atoms with Crippen LogP contribution in [-0.4, -0.2) is 30.0 Å². The molecule has 0 radical (unpaired) electrons. The van der Waals surface area contributed by atoms with Gasteiger partial charge in [-0.05, 0) is 49.2 Å². The van der Waals surface area contributed by atoms with E-state index in [-0.39, 0.29) is 5.69 Å². The lowest BCUT2D eigenvalue weighted by Gasteiger charge is -2.08. The van der Waals surface area contributed by atoms with Crippen LogP contribution >= 0.6 is 0 Å². The molecule has 2 rings (SSSR count). The molecule has 8 nitrogen and oxygen atoms in total. The second-order valence-corrected chi connectivity index (χ2v) is 5.75. The summed E-state index contributed by atoms with van der Waals surface area (Å²) in [5.74, 6) is -0.468. The Labute approximate surface area is 161 Å². The number of nitro benzene ring substituents is 1. The minimum Gasteiger partial charge on any atom is -0.494 e. The van der Waals surface area contributed by atoms with Gasteiger partial charge in [0.15, 0.2) is 6.61 Å². The van der Waals surface area contributed by atoms with Crippen LogP contribution in [0.15, 0.2) is 48.5 Å². The summed E-state index contributed by atoms with van der Waals surface area (Å²) in [5.41, 5.74) is 1.66. The molecule has 2 aromatic carbocycles. The van der Waals surface area contributed by atoms with Gasteiger partial charge in [-0.3, -0.25) is 14.9 Å². The molecule has 0 aromatic heterocycles. The average molecular weight is 384 g/mol. The number of nitrogens with zero attached hydrogens (tertiary/aromatic N) is 1. The number of benzene rings is 2. The van der Waals surface area contributed by atoms with Crippen molar-refractivity contribution in [2.45, 2.75) is 13.8 Å². The summed E-state index contributed by atoms with van der Waals surface area (Å²) in [7, 11) is 0. The normalized spacial score (nSPS) is 10.5. The Morgan fingerprint density at radius 1 is 1.18 bits per heavy atom. The molecule has 0 bridgehead atoms. The third kappa shape index (κ3) is 6.24. The Morgan fingerprint density at radius 2 is 1.89 bits per heavy atom. The standard InChI is InChI=1S/C20H20N2O6/c1-3-27-17-8-4-15(5-9-17)6-11-20(24)28-13-19(23)21-18-10-7-16(22(25)26)12-14(18)2/h4-12H,3,13H2,1-2H3,(H,21,23). The number of non-ortho nitro benzene ring substituents is 1. The Morgan fingerprint density at radius 3 is 2.50 bits per heavy atom. The third-order valence-corrected chi connectivity index (χ3v) is 3.64. The van der Waals surface area contributed by atoms with Crippen molar-refractivity contribution >= 4 is 29.3 Å². The number of hydrogen-bond acceptors (Lipinski definition) is 6. The van der Waals surface area contributed by atoms with Crippen molar-refractivity contribution in [2.24, 2.45) is 0 Å². The SMILES string of the molecule is CCOc1ccc(C=CC(=O)OCC(=O)Nc2ccc([N+](=O)[O-])cc2C)cc1. The van der Waals surface area contributed by atoms with Crippen molar-refractivity contribution < 1.29 is 24.0 Å². The summed E-state index contributed by atoms with van der Waals surface area (Å²) < 4.78 is 10.2. The van der Waals surface area contributed by atoms with Crippen LogP contribution in [0.3, 0.4) is 0 Å². The van der Waals surface area contributed by atoms with Gasteiger partial charge in [-0.25, -0.2) is 4.79 Å². The minimum atomic E-state index is -0.663. The van der Waals surface area contributed by atoms with E-state index in [9.17, 15) is 19.7 Å². The van der Waals surface area contributed by atoms with Gasteiger partial charge in [-0.1, -0.05) is 12.1 Å². The number of nitrogens with one attached hydrogen (secondary N) is 1. The highest BCUT2D eigenvalue weighted by Crippen LogP contribution is 2.21. The van der Waals surface area contributed by atoms with Crippen molar-refractivity contribution in [2.75, 3.05) is 18.5 Å². The maximum Gasteiger partial charge on any atom is 0.331 e. The first-order chi connectivity index (χ1) is 13.4. The molecule has 0 fully saturated rings. The van der Waals surface area contributed by atoms with Gasteiger partial charge in [0.1, 0.15) is 5.75 Å². The molecule has 0 atom stereocenters. The fourth-order valence-electron chi connectivity index (χ4n) is 2.28. The molecule has 0 aliphatic heterocycles. The van der Waals surface area contributed by atoms with E-state index in [0.717, 1.165) is 11.3 Å². The zero-order chi connectivity index (χ0) is 20.5. The van der Waals surface area contributed by atoms with Crippen LogP contribution in [-0.2, 0) is 14.3 Å². The predicted octanol–water partition coefficient (Wildman–Crippen LogP) is 3.50. The number of aryl methyl sites for hydroxylation is 1. The molecular weight excluding hydrogens is 364 g/mol. The summed E-state index contributed by atoms with van der Waals surface area (Å²) in [6, 6.07) is 11.2. The molecule has 8 heteroatoms. The first kappa shape index (κ1) is 20.6. The third-order valence-electron chi connectivity index (χ3n) is 3.64. The van der Waals surface area contributed by atoms with Crippen LogP contribution in [0.2, 0.25) is 0 Å². The number of rotatable bonds is 8. The van der Waals surface area contributed by atoms with E-state index in [1.165, 1.54) is 24.3 Å². The van der Waals surface area contributed by atoms with E-state index in [4.69, 9.17) is 9.47 Å². The van der Waals surface area contributed by atoms with E-state index >= 15 is 0 Å². The smallest absolute Gasteiger partial charge is 0.331 e. The van der Waals surface area contributed by atoms with Gasteiger partial charge in [-0.15, -0.1) is 0 Å². The number of esters is 1. The van der Waals surface area contributed by atoms with Crippen LogP contribution in [0.5, 0.6) is 5.75 Å². The number of amides is 1. The van der Waals surface area contributed by atoms with E-state index < -0.39 is 23.4 Å². The first-order valence-electron chi connectivity index (χ1n) is 8.51. The molecule has 0 spiro atoms. The van der Waals surface area contributed by atoms with Gasteiger partial charge in [0.05, 0.1) is 11.5 Å². The first-order valence-corrected chi connectivity index (χ1v) is 8.51. The zero-order valence-corrected chi connectivity index (χ0v) is 15.5. The van der Waals surface area contributed by atoms with Gasteiger partial charge in [-0.2, -0.15) is 0 Å². The maximum absolute atomic E-state index is 11.9. The van der Waals surface area contributed by atoms with Gasteiger partial charge >= 0.3 is 5.97 Å². The predicted molar refractivity (Wildman–Crippen MR) is 104 cm³/mol. The Balaban J connectivity index is 1.83. The van der Waals surface area contributed by atoms with Crippen molar-refractivity contribution in [3.8, 4) is 5.75 Å². The molecule has 146 valence electrons. The molecule has 1 amide bonds. The number of carbonyl (C=O) groups is 2. The number of hydrogen-bond donors (Lipinski definition) is 1. The Kier molecular flexibility index (Phi) is 7.27. The second-order valence-electron chi connectivity index (χ2n) is 5.75. The van der Waals surface area contributed by atoms with Crippen LogP contribution in [0, 0.1) is 17.0 Å². The molecule has 0 aliphatic rings. The van der Waals surface area contributed by atoms with E-state index in [1.54, 1.807) is 37.3 Å². The van der Waals surface area contributed by atoms with Crippen molar-refractivity contribution in [1.82, 2.24) is 0 Å². The lowest BCUT2D eigenvalue weighted by atomic mass is 10.2. The van der Waals surface area contributed by atoms with Crippen LogP contribution < -0.4 is 10.1 Å². The molecule has 0 saturated heterocycles. The summed E-state index contributed by atoms with van der Waals surface area (Å²) in [5, 5.41) is 13.3. The lowest BCUT2D eigenvalue weighted by Crippen LogP contribution is -2.20. The van der Waals surface area contributed by atoms with Gasteiger partial charge in [0.2, 0.25) is 0 Å². The van der Waals surface area contributed by atoms with Crippen molar-refractivity contribution in [1.29, 1.82) is 0 Å². The molecular formula is C20H20N2O6. The highest BCUT2D eigenvalue weighted by molar-refractivity contribution is 5.95. The van der Waals surface area contributed by atoms with Gasteiger partial charge in [0.25, 0.3) is 11.6 Å². The second kappa shape index (κ2) is 9.86. The number of ether oxygens (including phenoxy) is 2. The molecule has 0 unspecified atom stereocenters. The highest BCUT2D eigenvalue weighted by atomic mass is 16.6. The number of nitro groups is 1. The van der Waals surface area contributed by atoms with Gasteiger partial charge in [0, 0.05) is 23.9 Å². The number of anilines is 1. The molecule has 2 aromatic rings. The fraction of sp³-hybridized carbons (Fsp3) is 0.200. The molecule has 28 heavy (non-hydrogen) atoms. The quantitative estimate of drug-likeness (QED) is 0.323. The van der Waals surface area contributed by atoms with Gasteiger partial charge < -0.3 is 14.8 Å². The minimum absolute atomic E-state index is 0.0682. The lowest BCUT2D eigenvalue weighted by molar-refractivity contribution is -0.384. The maximum atomic E-state index is 11.9. The topological polar surface area (TPSA) is 108 Å². The monoisotopic (exact) mass is 384 g/mol. The summed E-state index contributed by atoms with van der Waals surface area (Å²) in [6.07, 6.45) is 2.79. The molecule has 1 N–H and O–H groups in total. The van der Waals surface area contributed by atoms with Crippen molar-refractivity contribution in [3.63, 3.8) is 0 Å². The fourth-order valence-corrected chi connectivity index (χ4v) is 2.28. The Hall–Kier alpha value is -3.68. The largest absolute Gasteiger partial charge is 0.494 e. The summed E-state index contributed by atoms with van der Waals surface area (Å²) >= 11 is 0. The highest BCUT2D eigenvalue weighted by Gasteiger charge is 2.11. The van der Waals surface area contributed by atoms with Crippen LogP contribution in [0.4, 0.5) is 11.4 Å². The molecule has 0 heterocycles. The summed E-state index contributed by atoms with van der Waals surface area (Å²) in [6.45, 7) is 3.63. The average Bonchev–Trinajstić information content (AvgIpc) is 2.67. The zero-order valence-electron chi connectivity index (χ0n) is 15.5. The van der Waals surface area contributed by atoms with Crippen LogP contribution in [0.25, 0.3) is 6.08 Å².